The molecule has 2 atom stereocenters. The van der Waals surface area contributed by atoms with Gasteiger partial charge in [-0.3, -0.25) is 0 Å². The Morgan fingerprint density at radius 1 is 0.500 bits per heavy atom. The summed E-state index contributed by atoms with van der Waals surface area (Å²) in [5.74, 6) is 0. The topological polar surface area (TPSA) is 30.5 Å². The van der Waals surface area contributed by atoms with Crippen LogP contribution in [0.4, 0.5) is 0 Å². The molecular formula is C26H50N4S2. The third-order valence-electron chi connectivity index (χ3n) is 6.98. The predicted octanol–water partition coefficient (Wildman–Crippen LogP) is 7.78. The van der Waals surface area contributed by atoms with Crippen molar-refractivity contribution in [2.24, 2.45) is 0 Å². The zero-order valence-electron chi connectivity index (χ0n) is 21.0. The molecule has 2 fully saturated rings. The van der Waals surface area contributed by atoms with E-state index >= 15 is 0 Å². The first-order valence-electron chi connectivity index (χ1n) is 13.9. The van der Waals surface area contributed by atoms with Crippen molar-refractivity contribution in [2.75, 3.05) is 0 Å². The van der Waals surface area contributed by atoms with Crippen molar-refractivity contribution >= 4 is 34.7 Å². The Morgan fingerprint density at radius 2 is 0.781 bits per heavy atom. The molecule has 2 saturated heterocycles. The number of hydrogen-bond donors (Lipinski definition) is 2. The highest BCUT2D eigenvalue weighted by Crippen LogP contribution is 2.27. The number of nitrogens with zero attached hydrogens (tertiary/aromatic N) is 2. The molecular weight excluding hydrogens is 432 g/mol. The fourth-order valence-corrected chi connectivity index (χ4v) is 5.71. The van der Waals surface area contributed by atoms with Gasteiger partial charge in [0.25, 0.3) is 0 Å². The largest absolute Gasteiger partial charge is 0.339 e. The summed E-state index contributed by atoms with van der Waals surface area (Å²) in [5.41, 5.74) is 0. The fraction of sp³-hybridized carbons (Fsp3) is 0.923. The van der Waals surface area contributed by atoms with E-state index in [1.54, 1.807) is 0 Å². The zero-order chi connectivity index (χ0) is 23.0. The smallest absolute Gasteiger partial charge is 0.191 e. The summed E-state index contributed by atoms with van der Waals surface area (Å²) in [4.78, 5) is 0. The summed E-state index contributed by atoms with van der Waals surface area (Å²) < 4.78 is 0. The fourth-order valence-electron chi connectivity index (χ4n) is 5.00. The minimum absolute atomic E-state index is 0.236. The van der Waals surface area contributed by atoms with Crippen LogP contribution in [0.15, 0.2) is 0 Å². The van der Waals surface area contributed by atoms with E-state index < -0.39 is 0 Å². The second kappa shape index (κ2) is 16.9. The summed E-state index contributed by atoms with van der Waals surface area (Å²) in [6, 6.07) is 0. The Morgan fingerprint density at radius 3 is 1.09 bits per heavy atom. The summed E-state index contributed by atoms with van der Waals surface area (Å²) in [7, 11) is 0. The molecule has 0 aromatic rings. The molecule has 2 rings (SSSR count). The lowest BCUT2D eigenvalue weighted by Gasteiger charge is -2.26. The Bertz CT molecular complexity index is 482. The molecule has 186 valence electrons. The summed E-state index contributed by atoms with van der Waals surface area (Å²) in [5, 5.41) is 13.2. The SMILES string of the molecule is CCCCCCCCCCCC1NC(=S)N2C(CCCCCCCCCCC)NC(=S)N12. The standard InChI is InChI=1S/C26H50N4S2/c1-3-5-7-9-11-13-15-17-19-21-23-27-25(31)30-24(28-26(32)29(23)30)22-20-18-16-14-12-10-8-6-4-2/h23-24H,3-22H2,1-2H3,(H,27,31)(H,28,32). The van der Waals surface area contributed by atoms with Crippen LogP contribution in [0.5, 0.6) is 0 Å². The van der Waals surface area contributed by atoms with Crippen molar-refractivity contribution < 1.29 is 0 Å². The van der Waals surface area contributed by atoms with Gasteiger partial charge in [-0.2, -0.15) is 0 Å². The molecule has 2 aliphatic heterocycles. The quantitative estimate of drug-likeness (QED) is 0.136. The highest BCUT2D eigenvalue weighted by molar-refractivity contribution is 7.80. The van der Waals surface area contributed by atoms with E-state index in [9.17, 15) is 0 Å². The highest BCUT2D eigenvalue weighted by Gasteiger charge is 2.45. The first kappa shape index (κ1) is 27.6. The number of thiocarbonyl (C=S) groups is 2. The molecule has 0 aliphatic carbocycles. The van der Waals surface area contributed by atoms with Crippen LogP contribution < -0.4 is 10.6 Å². The Balaban J connectivity index is 1.57. The summed E-state index contributed by atoms with van der Waals surface area (Å²) in [6.07, 6.45) is 27.2. The maximum absolute atomic E-state index is 5.68. The van der Waals surface area contributed by atoms with Gasteiger partial charge in [-0.05, 0) is 50.1 Å². The van der Waals surface area contributed by atoms with Crippen molar-refractivity contribution in [2.45, 2.75) is 155 Å². The maximum Gasteiger partial charge on any atom is 0.191 e. The number of fused-ring (bicyclic) bond motifs is 1. The van der Waals surface area contributed by atoms with Gasteiger partial charge >= 0.3 is 0 Å². The first-order chi connectivity index (χ1) is 15.7. The van der Waals surface area contributed by atoms with Crippen LogP contribution in [-0.2, 0) is 0 Å². The van der Waals surface area contributed by atoms with E-state index in [2.05, 4.69) is 34.5 Å². The van der Waals surface area contributed by atoms with Crippen LogP contribution in [0.2, 0.25) is 0 Å². The van der Waals surface area contributed by atoms with Gasteiger partial charge in [0.2, 0.25) is 0 Å². The lowest BCUT2D eigenvalue weighted by Crippen LogP contribution is -2.41. The molecule has 0 radical (unpaired) electrons. The molecule has 2 N–H and O–H groups in total. The molecule has 0 aromatic heterocycles. The molecule has 6 heteroatoms. The van der Waals surface area contributed by atoms with Gasteiger partial charge in [0, 0.05) is 0 Å². The van der Waals surface area contributed by atoms with Crippen LogP contribution in [0, 0.1) is 0 Å². The van der Waals surface area contributed by atoms with E-state index in [0.29, 0.717) is 0 Å². The van der Waals surface area contributed by atoms with Crippen molar-refractivity contribution in [1.82, 2.24) is 20.7 Å². The van der Waals surface area contributed by atoms with E-state index in [1.807, 2.05) is 0 Å². The lowest BCUT2D eigenvalue weighted by molar-refractivity contribution is 0.103. The zero-order valence-corrected chi connectivity index (χ0v) is 22.6. The molecule has 0 bridgehead atoms. The van der Waals surface area contributed by atoms with Gasteiger partial charge in [-0.15, -0.1) is 0 Å². The van der Waals surface area contributed by atoms with Crippen molar-refractivity contribution in [3.05, 3.63) is 0 Å². The second-order valence-electron chi connectivity index (χ2n) is 9.85. The number of nitrogens with one attached hydrogen (secondary N) is 2. The van der Waals surface area contributed by atoms with Gasteiger partial charge in [-0.25, -0.2) is 10.0 Å². The number of hydrazine groups is 1. The molecule has 0 spiro atoms. The second-order valence-corrected chi connectivity index (χ2v) is 10.6. The number of rotatable bonds is 20. The van der Waals surface area contributed by atoms with Crippen LogP contribution in [0.1, 0.15) is 142 Å². The van der Waals surface area contributed by atoms with Crippen molar-refractivity contribution in [3.8, 4) is 0 Å². The normalized spacial score (nSPS) is 20.1. The molecule has 32 heavy (non-hydrogen) atoms. The average molecular weight is 483 g/mol. The molecule has 4 nitrogen and oxygen atoms in total. The number of unbranched alkanes of at least 4 members (excludes halogenated alkanes) is 16. The summed E-state index contributed by atoms with van der Waals surface area (Å²) in [6.45, 7) is 4.57. The Kier molecular flexibility index (Phi) is 14.6. The van der Waals surface area contributed by atoms with E-state index in [1.165, 1.54) is 116 Å². The molecule has 2 unspecified atom stereocenters. The monoisotopic (exact) mass is 482 g/mol. The maximum atomic E-state index is 5.68. The van der Waals surface area contributed by atoms with E-state index in [4.69, 9.17) is 24.4 Å². The Hall–Kier alpha value is -0.620. The summed E-state index contributed by atoms with van der Waals surface area (Å²) >= 11 is 11.4. The highest BCUT2D eigenvalue weighted by atomic mass is 32.1. The minimum Gasteiger partial charge on any atom is -0.339 e. The Labute approximate surface area is 209 Å². The molecule has 0 amide bonds. The lowest BCUT2D eigenvalue weighted by atomic mass is 10.1. The predicted molar refractivity (Wildman–Crippen MR) is 146 cm³/mol. The van der Waals surface area contributed by atoms with Crippen LogP contribution in [0.25, 0.3) is 0 Å². The van der Waals surface area contributed by atoms with Crippen molar-refractivity contribution in [1.29, 1.82) is 0 Å². The van der Waals surface area contributed by atoms with Gasteiger partial charge in [0.15, 0.2) is 10.2 Å². The first-order valence-corrected chi connectivity index (χ1v) is 14.7. The third kappa shape index (κ3) is 9.70. The van der Waals surface area contributed by atoms with Gasteiger partial charge < -0.3 is 10.6 Å². The van der Waals surface area contributed by atoms with Crippen LogP contribution in [-0.4, -0.2) is 32.6 Å². The average Bonchev–Trinajstić information content (AvgIpc) is 3.29. The van der Waals surface area contributed by atoms with E-state index in [0.717, 1.165) is 23.1 Å². The van der Waals surface area contributed by atoms with Gasteiger partial charge in [-0.1, -0.05) is 117 Å². The molecule has 0 saturated carbocycles. The van der Waals surface area contributed by atoms with E-state index in [-0.39, 0.29) is 12.3 Å². The molecule has 2 aliphatic rings. The van der Waals surface area contributed by atoms with Crippen LogP contribution in [0.3, 0.4) is 0 Å². The molecule has 0 aromatic carbocycles. The third-order valence-corrected chi connectivity index (χ3v) is 7.59. The minimum atomic E-state index is 0.236. The molecule has 2 heterocycles. The number of hydrogen-bond acceptors (Lipinski definition) is 2. The van der Waals surface area contributed by atoms with Crippen LogP contribution >= 0.6 is 24.4 Å². The van der Waals surface area contributed by atoms with Crippen molar-refractivity contribution in [3.63, 3.8) is 0 Å². The van der Waals surface area contributed by atoms with Gasteiger partial charge in [0.1, 0.15) is 12.3 Å². The van der Waals surface area contributed by atoms with Gasteiger partial charge in [0.05, 0.1) is 0 Å².